The van der Waals surface area contributed by atoms with Crippen molar-refractivity contribution in [2.45, 2.75) is 50.7 Å². The van der Waals surface area contributed by atoms with Crippen molar-refractivity contribution in [1.82, 2.24) is 10.2 Å². The van der Waals surface area contributed by atoms with Gasteiger partial charge in [-0.25, -0.2) is 8.42 Å². The third kappa shape index (κ3) is 7.68. The van der Waals surface area contributed by atoms with E-state index in [1.165, 1.54) is 35.2 Å². The van der Waals surface area contributed by atoms with Gasteiger partial charge in [0.15, 0.2) is 0 Å². The molecule has 3 aromatic rings. The van der Waals surface area contributed by atoms with E-state index in [1.807, 2.05) is 13.8 Å². The maximum Gasteiger partial charge on any atom is 0.264 e. The summed E-state index contributed by atoms with van der Waals surface area (Å²) in [5, 5.41) is 3.25. The molecule has 3 rings (SSSR count). The Kier molecular flexibility index (Phi) is 10.8. The van der Waals surface area contributed by atoms with Crippen molar-refractivity contribution >= 4 is 50.7 Å². The number of hydrogen-bond donors (Lipinski definition) is 1. The van der Waals surface area contributed by atoms with E-state index in [4.69, 9.17) is 27.9 Å². The lowest BCUT2D eigenvalue weighted by atomic mass is 10.1. The van der Waals surface area contributed by atoms with E-state index in [-0.39, 0.29) is 39.1 Å². The van der Waals surface area contributed by atoms with Crippen LogP contribution in [-0.2, 0) is 26.2 Å². The topological polar surface area (TPSA) is 96.0 Å². The number of carbonyl (C=O) groups excluding carboxylic acids is 2. The number of nitrogens with one attached hydrogen (secondary N) is 1. The number of amides is 2. The summed E-state index contributed by atoms with van der Waals surface area (Å²) in [6.07, 6.45) is 0.710. The van der Waals surface area contributed by atoms with Gasteiger partial charge in [0.2, 0.25) is 11.8 Å². The largest absolute Gasteiger partial charge is 0.497 e. The van der Waals surface area contributed by atoms with Crippen molar-refractivity contribution in [2.24, 2.45) is 0 Å². The number of methoxy groups -OCH3 is 1. The van der Waals surface area contributed by atoms with Gasteiger partial charge in [-0.15, -0.1) is 0 Å². The molecule has 0 aliphatic carbocycles. The molecule has 0 aromatic heterocycles. The highest BCUT2D eigenvalue weighted by Crippen LogP contribution is 2.33. The summed E-state index contributed by atoms with van der Waals surface area (Å²) in [6.45, 7) is 4.86. The summed E-state index contributed by atoms with van der Waals surface area (Å²) >= 11 is 12.6. The molecule has 8 nitrogen and oxygen atoms in total. The van der Waals surface area contributed by atoms with Gasteiger partial charge in [0.25, 0.3) is 10.0 Å². The molecule has 0 bridgehead atoms. The fourth-order valence-corrected chi connectivity index (χ4v) is 5.77. The SMILES string of the molecule is CCC(C)NC(=O)C(C)N(Cc1ccc(OC)cc1)C(=O)CN(c1cc(Cl)ccc1Cl)S(=O)(=O)c1ccccc1. The summed E-state index contributed by atoms with van der Waals surface area (Å²) in [7, 11) is -2.70. The zero-order valence-electron chi connectivity index (χ0n) is 22.8. The highest BCUT2D eigenvalue weighted by molar-refractivity contribution is 7.92. The Bertz CT molecular complexity index is 1420. The number of hydrogen-bond acceptors (Lipinski definition) is 5. The van der Waals surface area contributed by atoms with Crippen molar-refractivity contribution in [1.29, 1.82) is 0 Å². The zero-order chi connectivity index (χ0) is 29.4. The zero-order valence-corrected chi connectivity index (χ0v) is 25.1. The average molecular weight is 607 g/mol. The van der Waals surface area contributed by atoms with Crippen LogP contribution < -0.4 is 14.4 Å². The first-order valence-electron chi connectivity index (χ1n) is 12.7. The Balaban J connectivity index is 2.05. The number of nitrogens with zero attached hydrogens (tertiary/aromatic N) is 2. The van der Waals surface area contributed by atoms with Crippen molar-refractivity contribution in [3.8, 4) is 5.75 Å². The summed E-state index contributed by atoms with van der Waals surface area (Å²) < 4.78 is 33.8. The molecule has 0 saturated heterocycles. The van der Waals surface area contributed by atoms with Gasteiger partial charge >= 0.3 is 0 Å². The first kappa shape index (κ1) is 31.3. The number of sulfonamides is 1. The predicted octanol–water partition coefficient (Wildman–Crippen LogP) is 5.53. The average Bonchev–Trinajstić information content (AvgIpc) is 2.96. The van der Waals surface area contributed by atoms with Crippen molar-refractivity contribution in [3.05, 3.63) is 88.4 Å². The number of carbonyl (C=O) groups is 2. The lowest BCUT2D eigenvalue weighted by Gasteiger charge is -2.32. The molecule has 0 aliphatic heterocycles. The lowest BCUT2D eigenvalue weighted by Crippen LogP contribution is -2.52. The molecule has 11 heteroatoms. The number of ether oxygens (including phenoxy) is 1. The fourth-order valence-electron chi connectivity index (χ4n) is 3.89. The van der Waals surface area contributed by atoms with Gasteiger partial charge < -0.3 is 15.0 Å². The van der Waals surface area contributed by atoms with Crippen LogP contribution in [0.5, 0.6) is 5.75 Å². The minimum Gasteiger partial charge on any atom is -0.497 e. The third-order valence-corrected chi connectivity index (χ3v) is 8.80. The van der Waals surface area contributed by atoms with E-state index >= 15 is 0 Å². The van der Waals surface area contributed by atoms with Gasteiger partial charge in [-0.2, -0.15) is 0 Å². The summed E-state index contributed by atoms with van der Waals surface area (Å²) in [5.74, 6) is -0.312. The van der Waals surface area contributed by atoms with E-state index in [9.17, 15) is 18.0 Å². The van der Waals surface area contributed by atoms with E-state index in [0.29, 0.717) is 12.2 Å². The smallest absolute Gasteiger partial charge is 0.264 e. The second-order valence-corrected chi connectivity index (χ2v) is 12.0. The van der Waals surface area contributed by atoms with Crippen LogP contribution in [0.4, 0.5) is 5.69 Å². The van der Waals surface area contributed by atoms with Gasteiger partial charge in [-0.1, -0.05) is 60.5 Å². The second kappa shape index (κ2) is 13.9. The molecule has 0 fully saturated rings. The monoisotopic (exact) mass is 605 g/mol. The molecular weight excluding hydrogens is 573 g/mol. The molecule has 214 valence electrons. The molecule has 0 aliphatic rings. The van der Waals surface area contributed by atoms with Crippen molar-refractivity contribution < 1.29 is 22.7 Å². The fraction of sp³-hybridized carbons (Fsp3) is 0.310. The highest BCUT2D eigenvalue weighted by Gasteiger charge is 2.33. The first-order chi connectivity index (χ1) is 19.0. The first-order valence-corrected chi connectivity index (χ1v) is 14.9. The Labute approximate surface area is 245 Å². The quantitative estimate of drug-likeness (QED) is 0.293. The molecular formula is C29H33Cl2N3O5S. The molecule has 2 amide bonds. The van der Waals surface area contributed by atoms with Crippen molar-refractivity contribution in [3.63, 3.8) is 0 Å². The Hall–Kier alpha value is -3.27. The van der Waals surface area contributed by atoms with Crippen LogP contribution in [0.15, 0.2) is 77.7 Å². The Morgan fingerprint density at radius 1 is 0.975 bits per heavy atom. The Morgan fingerprint density at radius 2 is 1.62 bits per heavy atom. The summed E-state index contributed by atoms with van der Waals surface area (Å²) in [4.78, 5) is 28.4. The predicted molar refractivity (Wildman–Crippen MR) is 158 cm³/mol. The number of anilines is 1. The van der Waals surface area contributed by atoms with Crippen LogP contribution in [0.1, 0.15) is 32.8 Å². The summed E-state index contributed by atoms with van der Waals surface area (Å²) in [6, 6.07) is 18.2. The van der Waals surface area contributed by atoms with E-state index in [2.05, 4.69) is 5.32 Å². The van der Waals surface area contributed by atoms with Crippen LogP contribution in [0.25, 0.3) is 0 Å². The Morgan fingerprint density at radius 3 is 2.23 bits per heavy atom. The maximum atomic E-state index is 14.0. The molecule has 0 spiro atoms. The molecule has 1 N–H and O–H groups in total. The van der Waals surface area contributed by atoms with Crippen LogP contribution >= 0.6 is 23.2 Å². The number of halogens is 2. The minimum absolute atomic E-state index is 0.0249. The van der Waals surface area contributed by atoms with E-state index < -0.39 is 28.5 Å². The van der Waals surface area contributed by atoms with Crippen LogP contribution in [-0.4, -0.2) is 50.9 Å². The van der Waals surface area contributed by atoms with Crippen molar-refractivity contribution in [2.75, 3.05) is 18.0 Å². The molecule has 2 unspecified atom stereocenters. The van der Waals surface area contributed by atoms with Gasteiger partial charge in [-0.3, -0.25) is 13.9 Å². The van der Waals surface area contributed by atoms with Gasteiger partial charge in [0.05, 0.1) is 22.7 Å². The minimum atomic E-state index is -4.25. The molecule has 3 aromatic carbocycles. The number of rotatable bonds is 12. The maximum absolute atomic E-state index is 14.0. The highest BCUT2D eigenvalue weighted by atomic mass is 35.5. The molecule has 2 atom stereocenters. The van der Waals surface area contributed by atoms with E-state index in [0.717, 1.165) is 9.87 Å². The third-order valence-electron chi connectivity index (χ3n) is 6.47. The van der Waals surface area contributed by atoms with Gasteiger partial charge in [0.1, 0.15) is 18.3 Å². The second-order valence-electron chi connectivity index (χ2n) is 9.28. The van der Waals surface area contributed by atoms with Crippen LogP contribution in [0, 0.1) is 0 Å². The van der Waals surface area contributed by atoms with Gasteiger partial charge in [0, 0.05) is 17.6 Å². The molecule has 0 heterocycles. The normalized spacial score (nSPS) is 12.8. The van der Waals surface area contributed by atoms with E-state index in [1.54, 1.807) is 56.5 Å². The molecule has 40 heavy (non-hydrogen) atoms. The van der Waals surface area contributed by atoms with Crippen LogP contribution in [0.3, 0.4) is 0 Å². The van der Waals surface area contributed by atoms with Gasteiger partial charge in [-0.05, 0) is 68.3 Å². The standard InChI is InChI=1S/C29H33Cl2N3O5S/c1-5-20(2)32-29(36)21(3)33(18-22-11-14-24(39-4)15-12-22)28(35)19-34(27-17-23(30)13-16-26(27)31)40(37,38)25-9-7-6-8-10-25/h6-17,20-21H,5,18-19H2,1-4H3,(H,32,36). The molecule has 0 radical (unpaired) electrons. The molecule has 0 saturated carbocycles. The van der Waals surface area contributed by atoms with Crippen LogP contribution in [0.2, 0.25) is 10.0 Å². The number of benzene rings is 3. The lowest BCUT2D eigenvalue weighted by molar-refractivity contribution is -0.139. The summed E-state index contributed by atoms with van der Waals surface area (Å²) in [5.41, 5.74) is 0.781.